The van der Waals surface area contributed by atoms with Crippen LogP contribution in [0.3, 0.4) is 0 Å². The van der Waals surface area contributed by atoms with Gasteiger partial charge >= 0.3 is 0 Å². The van der Waals surface area contributed by atoms with Crippen LogP contribution in [0.25, 0.3) is 21.4 Å². The van der Waals surface area contributed by atoms with E-state index in [9.17, 15) is 9.59 Å². The Kier molecular flexibility index (Phi) is 4.84. The van der Waals surface area contributed by atoms with Gasteiger partial charge in [0.15, 0.2) is 0 Å². The zero-order valence-electron chi connectivity index (χ0n) is 16.3. The van der Waals surface area contributed by atoms with E-state index in [4.69, 9.17) is 20.8 Å². The molecular weight excluding hydrogens is 436 g/mol. The summed E-state index contributed by atoms with van der Waals surface area (Å²) in [5.74, 6) is 0.442. The third-order valence-corrected chi connectivity index (χ3v) is 6.61. The first kappa shape index (κ1) is 19.5. The van der Waals surface area contributed by atoms with Crippen molar-refractivity contribution in [3.05, 3.63) is 85.5 Å². The van der Waals surface area contributed by atoms with Gasteiger partial charge in [-0.25, -0.2) is 5.43 Å². The molecule has 1 N–H and O–H groups in total. The van der Waals surface area contributed by atoms with Gasteiger partial charge in [0.05, 0.1) is 22.0 Å². The van der Waals surface area contributed by atoms with E-state index < -0.39 is 0 Å². The van der Waals surface area contributed by atoms with Crippen molar-refractivity contribution in [1.29, 1.82) is 0 Å². The molecule has 1 amide bonds. The third-order valence-electron chi connectivity index (χ3n) is 5.00. The fourth-order valence-corrected chi connectivity index (χ4v) is 4.63. The fraction of sp³-hybridized carbons (Fsp3) is 0.0870. The molecule has 0 spiro atoms. The first-order valence-electron chi connectivity index (χ1n) is 9.41. The smallest absolute Gasteiger partial charge is 0.281 e. The predicted octanol–water partition coefficient (Wildman–Crippen LogP) is 5.14. The van der Waals surface area contributed by atoms with Crippen LogP contribution in [-0.4, -0.2) is 12.1 Å². The second kappa shape index (κ2) is 7.68. The third kappa shape index (κ3) is 3.52. The molecule has 3 heterocycles. The second-order valence-electron chi connectivity index (χ2n) is 7.07. The van der Waals surface area contributed by atoms with Crippen molar-refractivity contribution in [3.63, 3.8) is 0 Å². The van der Waals surface area contributed by atoms with Crippen LogP contribution in [0.15, 0.2) is 63.0 Å². The standard InChI is InChI=1S/C23H15ClN2O4S/c1-12-6-19-16(8-17(12)24)21(27)14(11-30-19)9-25-26-23(28)20-7-13-10-29-18-5-3-2-4-15(18)22(13)31-20/h2-9,11H,10H2,1H3,(H,26,28)/b25-9+. The van der Waals surface area contributed by atoms with Gasteiger partial charge in [0.1, 0.15) is 24.2 Å². The van der Waals surface area contributed by atoms with Crippen LogP contribution < -0.4 is 15.6 Å². The monoisotopic (exact) mass is 450 g/mol. The Bertz CT molecular complexity index is 1440. The number of hydrogen-bond donors (Lipinski definition) is 1. The topological polar surface area (TPSA) is 80.9 Å². The number of nitrogens with zero attached hydrogens (tertiary/aromatic N) is 1. The lowest BCUT2D eigenvalue weighted by Gasteiger charge is -2.16. The highest BCUT2D eigenvalue weighted by atomic mass is 35.5. The number of hydrogen-bond acceptors (Lipinski definition) is 6. The molecule has 0 bridgehead atoms. The summed E-state index contributed by atoms with van der Waals surface area (Å²) < 4.78 is 11.3. The molecule has 0 fully saturated rings. The molecule has 8 heteroatoms. The molecule has 31 heavy (non-hydrogen) atoms. The van der Waals surface area contributed by atoms with Gasteiger partial charge in [-0.2, -0.15) is 5.10 Å². The molecule has 0 unspecified atom stereocenters. The lowest BCUT2D eigenvalue weighted by atomic mass is 10.1. The highest BCUT2D eigenvalue weighted by Gasteiger charge is 2.22. The molecule has 1 aliphatic rings. The highest BCUT2D eigenvalue weighted by molar-refractivity contribution is 7.17. The van der Waals surface area contributed by atoms with Gasteiger partial charge in [-0.15, -0.1) is 11.3 Å². The van der Waals surface area contributed by atoms with Crippen molar-refractivity contribution in [2.75, 3.05) is 0 Å². The van der Waals surface area contributed by atoms with E-state index in [2.05, 4.69) is 10.5 Å². The maximum absolute atomic E-state index is 12.7. The molecule has 2 aromatic heterocycles. The number of aryl methyl sites for hydroxylation is 1. The Labute approximate surface area is 185 Å². The maximum Gasteiger partial charge on any atom is 0.281 e. The van der Waals surface area contributed by atoms with Crippen LogP contribution in [-0.2, 0) is 6.61 Å². The normalized spacial score (nSPS) is 12.5. The SMILES string of the molecule is Cc1cc2occ(/C=N/NC(=O)c3cc4c(s3)-c3ccccc3OC4)c(=O)c2cc1Cl. The van der Waals surface area contributed by atoms with Crippen LogP contribution in [0.4, 0.5) is 0 Å². The number of halogens is 1. The van der Waals surface area contributed by atoms with E-state index in [1.54, 1.807) is 18.2 Å². The molecule has 1 aliphatic heterocycles. The van der Waals surface area contributed by atoms with Crippen molar-refractivity contribution < 1.29 is 13.9 Å². The first-order chi connectivity index (χ1) is 15.0. The summed E-state index contributed by atoms with van der Waals surface area (Å²) in [5.41, 5.74) is 5.59. The van der Waals surface area contributed by atoms with E-state index in [1.165, 1.54) is 23.8 Å². The Hall–Kier alpha value is -3.42. The number of benzene rings is 2. The molecule has 6 nitrogen and oxygen atoms in total. The average molecular weight is 451 g/mol. The summed E-state index contributed by atoms with van der Waals surface area (Å²) >= 11 is 7.50. The largest absolute Gasteiger partial charge is 0.488 e. The number of rotatable bonds is 3. The molecular formula is C23H15ClN2O4S. The Morgan fingerprint density at radius 3 is 2.97 bits per heavy atom. The van der Waals surface area contributed by atoms with Crippen molar-refractivity contribution in [1.82, 2.24) is 5.43 Å². The second-order valence-corrected chi connectivity index (χ2v) is 8.53. The summed E-state index contributed by atoms with van der Waals surface area (Å²) in [4.78, 5) is 26.7. The number of fused-ring (bicyclic) bond motifs is 4. The summed E-state index contributed by atoms with van der Waals surface area (Å²) in [5, 5.41) is 4.77. The lowest BCUT2D eigenvalue weighted by Crippen LogP contribution is -2.17. The van der Waals surface area contributed by atoms with E-state index in [1.807, 2.05) is 31.2 Å². The van der Waals surface area contributed by atoms with Crippen LogP contribution in [0.1, 0.15) is 26.4 Å². The Morgan fingerprint density at radius 2 is 2.10 bits per heavy atom. The van der Waals surface area contributed by atoms with Crippen LogP contribution in [0, 0.1) is 6.92 Å². The maximum atomic E-state index is 12.7. The minimum Gasteiger partial charge on any atom is -0.488 e. The van der Waals surface area contributed by atoms with E-state index >= 15 is 0 Å². The molecule has 0 radical (unpaired) electrons. The number of hydrazone groups is 1. The van der Waals surface area contributed by atoms with Crippen LogP contribution >= 0.6 is 22.9 Å². The molecule has 0 saturated carbocycles. The van der Waals surface area contributed by atoms with Gasteiger partial charge in [0.2, 0.25) is 5.43 Å². The van der Waals surface area contributed by atoms with Crippen LogP contribution in [0.2, 0.25) is 5.02 Å². The van der Waals surface area contributed by atoms with E-state index in [0.717, 1.165) is 27.3 Å². The minimum absolute atomic E-state index is 0.209. The van der Waals surface area contributed by atoms with Gasteiger partial charge in [-0.05, 0) is 42.8 Å². The number of carbonyl (C=O) groups excluding carboxylic acids is 1. The summed E-state index contributed by atoms with van der Waals surface area (Å²) in [6.07, 6.45) is 2.58. The van der Waals surface area contributed by atoms with Crippen molar-refractivity contribution >= 4 is 46.0 Å². The minimum atomic E-state index is -0.364. The molecule has 0 atom stereocenters. The molecule has 0 aliphatic carbocycles. The van der Waals surface area contributed by atoms with Crippen molar-refractivity contribution in [2.24, 2.45) is 5.10 Å². The lowest BCUT2D eigenvalue weighted by molar-refractivity contribution is 0.0959. The summed E-state index contributed by atoms with van der Waals surface area (Å²) in [7, 11) is 0. The van der Waals surface area contributed by atoms with Crippen molar-refractivity contribution in [2.45, 2.75) is 13.5 Å². The summed E-state index contributed by atoms with van der Waals surface area (Å²) in [6.45, 7) is 2.25. The fourth-order valence-electron chi connectivity index (χ4n) is 3.38. The van der Waals surface area contributed by atoms with Gasteiger partial charge in [-0.1, -0.05) is 23.7 Å². The van der Waals surface area contributed by atoms with Gasteiger partial charge in [-0.3, -0.25) is 9.59 Å². The quantitative estimate of drug-likeness (QED) is 0.346. The van der Waals surface area contributed by atoms with Gasteiger partial charge in [0.25, 0.3) is 5.91 Å². The Balaban J connectivity index is 1.37. The van der Waals surface area contributed by atoms with Gasteiger partial charge < -0.3 is 9.15 Å². The first-order valence-corrected chi connectivity index (χ1v) is 10.6. The predicted molar refractivity (Wildman–Crippen MR) is 121 cm³/mol. The number of carbonyl (C=O) groups is 1. The molecule has 154 valence electrons. The van der Waals surface area contributed by atoms with Crippen LogP contribution in [0.5, 0.6) is 5.75 Å². The zero-order chi connectivity index (χ0) is 21.5. The zero-order valence-corrected chi connectivity index (χ0v) is 17.8. The van der Waals surface area contributed by atoms with E-state index in [-0.39, 0.29) is 16.9 Å². The summed E-state index contributed by atoms with van der Waals surface area (Å²) in [6, 6.07) is 12.8. The molecule has 2 aromatic carbocycles. The highest BCUT2D eigenvalue weighted by Crippen LogP contribution is 2.42. The number of para-hydroxylation sites is 1. The Morgan fingerprint density at radius 1 is 1.26 bits per heavy atom. The number of amides is 1. The number of nitrogens with one attached hydrogen (secondary N) is 1. The molecule has 0 saturated heterocycles. The van der Waals surface area contributed by atoms with E-state index in [0.29, 0.717) is 27.5 Å². The molecule has 5 rings (SSSR count). The van der Waals surface area contributed by atoms with Gasteiger partial charge in [0, 0.05) is 21.0 Å². The van der Waals surface area contributed by atoms with Crippen molar-refractivity contribution in [3.8, 4) is 16.2 Å². The average Bonchev–Trinajstić information content (AvgIpc) is 3.22. The number of ether oxygens (including phenoxy) is 1. The molecule has 4 aromatic rings. The number of thiophene rings is 1.